The molecule has 3 rings (SSSR count). The molecule has 0 unspecified atom stereocenters. The summed E-state index contributed by atoms with van der Waals surface area (Å²) in [5.74, 6) is 0.850. The lowest BCUT2D eigenvalue weighted by atomic mass is 9.95. The number of hydrogen-bond donors (Lipinski definition) is 1. The molecule has 0 aromatic carbocycles. The average Bonchev–Trinajstić information content (AvgIpc) is 3.09. The smallest absolute Gasteiger partial charge is 0.227 e. The summed E-state index contributed by atoms with van der Waals surface area (Å²) in [6.45, 7) is 2.99. The Morgan fingerprint density at radius 1 is 1.41 bits per heavy atom. The Bertz CT molecular complexity index is 677. The fourth-order valence-electron chi connectivity index (χ4n) is 2.84. The van der Waals surface area contributed by atoms with Gasteiger partial charge in [0, 0.05) is 22.4 Å². The van der Waals surface area contributed by atoms with E-state index in [4.69, 9.17) is 5.73 Å². The maximum Gasteiger partial charge on any atom is 0.227 e. The van der Waals surface area contributed by atoms with Gasteiger partial charge in [0.25, 0.3) is 0 Å². The minimum atomic E-state index is -0.328. The first-order chi connectivity index (χ1) is 10.7. The van der Waals surface area contributed by atoms with E-state index >= 15 is 0 Å². The van der Waals surface area contributed by atoms with Gasteiger partial charge in [-0.15, -0.1) is 21.5 Å². The predicted octanol–water partition coefficient (Wildman–Crippen LogP) is 2.87. The number of nitrogens with two attached hydrogens (primary N) is 1. The zero-order valence-corrected chi connectivity index (χ0v) is 14.3. The third kappa shape index (κ3) is 3.05. The number of carbonyl (C=O) groups excluding carboxylic acids is 1. The molecule has 1 aliphatic carbocycles. The molecule has 2 aromatic heterocycles. The second kappa shape index (κ2) is 6.83. The van der Waals surface area contributed by atoms with Crippen LogP contribution in [0.2, 0.25) is 0 Å². The Kier molecular flexibility index (Phi) is 4.83. The van der Waals surface area contributed by atoms with Gasteiger partial charge >= 0.3 is 0 Å². The van der Waals surface area contributed by atoms with E-state index < -0.39 is 0 Å². The Balaban J connectivity index is 1.96. The molecule has 1 aliphatic rings. The number of thiophene rings is 1. The van der Waals surface area contributed by atoms with Crippen LogP contribution in [0.1, 0.15) is 36.6 Å². The SMILES string of the molecule is CCCn1c(SCC(N)=O)nnc1-c1csc2c1CCCC2. The molecular weight excluding hydrogens is 316 g/mol. The number of hydrogen-bond acceptors (Lipinski definition) is 5. The highest BCUT2D eigenvalue weighted by Crippen LogP contribution is 2.36. The van der Waals surface area contributed by atoms with Crippen LogP contribution in [0.4, 0.5) is 0 Å². The van der Waals surface area contributed by atoms with Crippen LogP contribution in [0.5, 0.6) is 0 Å². The predicted molar refractivity (Wildman–Crippen MR) is 90.2 cm³/mol. The summed E-state index contributed by atoms with van der Waals surface area (Å²) >= 11 is 3.21. The first kappa shape index (κ1) is 15.6. The number of rotatable bonds is 6. The fraction of sp³-hybridized carbons (Fsp3) is 0.533. The van der Waals surface area contributed by atoms with Crippen molar-refractivity contribution >= 4 is 29.0 Å². The van der Waals surface area contributed by atoms with Crippen molar-refractivity contribution in [2.24, 2.45) is 5.73 Å². The van der Waals surface area contributed by atoms with Crippen LogP contribution in [-0.4, -0.2) is 26.4 Å². The zero-order valence-electron chi connectivity index (χ0n) is 12.7. The van der Waals surface area contributed by atoms with E-state index in [2.05, 4.69) is 27.1 Å². The van der Waals surface area contributed by atoms with Crippen molar-refractivity contribution in [3.05, 3.63) is 15.8 Å². The topological polar surface area (TPSA) is 73.8 Å². The summed E-state index contributed by atoms with van der Waals surface area (Å²) in [7, 11) is 0. The second-order valence-corrected chi connectivity index (χ2v) is 7.38. The number of thioether (sulfide) groups is 1. The van der Waals surface area contributed by atoms with E-state index in [-0.39, 0.29) is 11.7 Å². The number of nitrogens with zero attached hydrogens (tertiary/aromatic N) is 3. The quantitative estimate of drug-likeness (QED) is 0.823. The van der Waals surface area contributed by atoms with Gasteiger partial charge in [0.05, 0.1) is 5.75 Å². The molecule has 0 radical (unpaired) electrons. The van der Waals surface area contributed by atoms with Crippen molar-refractivity contribution in [1.82, 2.24) is 14.8 Å². The van der Waals surface area contributed by atoms with Crippen LogP contribution in [-0.2, 0) is 24.2 Å². The lowest BCUT2D eigenvalue weighted by molar-refractivity contribution is -0.115. The third-order valence-corrected chi connectivity index (χ3v) is 5.89. The fourth-order valence-corrected chi connectivity index (χ4v) is 4.66. The number of amides is 1. The summed E-state index contributed by atoms with van der Waals surface area (Å²) in [5, 5.41) is 11.7. The number of aromatic nitrogens is 3. The minimum absolute atomic E-state index is 0.240. The molecule has 118 valence electrons. The first-order valence-corrected chi connectivity index (χ1v) is 9.51. The van der Waals surface area contributed by atoms with Gasteiger partial charge in [-0.2, -0.15) is 0 Å². The van der Waals surface area contributed by atoms with Gasteiger partial charge in [-0.25, -0.2) is 0 Å². The van der Waals surface area contributed by atoms with Crippen LogP contribution < -0.4 is 5.73 Å². The molecule has 5 nitrogen and oxygen atoms in total. The molecule has 0 aliphatic heterocycles. The van der Waals surface area contributed by atoms with Crippen LogP contribution in [0.15, 0.2) is 10.5 Å². The van der Waals surface area contributed by atoms with Crippen molar-refractivity contribution in [2.75, 3.05) is 5.75 Å². The molecule has 0 atom stereocenters. The highest BCUT2D eigenvalue weighted by molar-refractivity contribution is 7.99. The molecule has 2 N–H and O–H groups in total. The van der Waals surface area contributed by atoms with Gasteiger partial charge in [0.1, 0.15) is 0 Å². The van der Waals surface area contributed by atoms with Gasteiger partial charge in [0.15, 0.2) is 11.0 Å². The lowest BCUT2D eigenvalue weighted by Gasteiger charge is -2.13. The summed E-state index contributed by atoms with van der Waals surface area (Å²) in [4.78, 5) is 12.5. The molecule has 1 amide bonds. The average molecular weight is 336 g/mol. The maximum absolute atomic E-state index is 11.0. The van der Waals surface area contributed by atoms with Crippen molar-refractivity contribution in [2.45, 2.75) is 50.7 Å². The lowest BCUT2D eigenvalue weighted by Crippen LogP contribution is -2.14. The van der Waals surface area contributed by atoms with Crippen molar-refractivity contribution in [3.63, 3.8) is 0 Å². The molecule has 2 heterocycles. The van der Waals surface area contributed by atoms with E-state index in [9.17, 15) is 4.79 Å². The van der Waals surface area contributed by atoms with Crippen LogP contribution >= 0.6 is 23.1 Å². The standard InChI is InChI=1S/C15H20N4OS2/c1-2-7-19-14(17-18-15(19)22-9-13(16)20)11-8-21-12-6-4-3-5-10(11)12/h8H,2-7,9H2,1H3,(H2,16,20). The number of carbonyl (C=O) groups is 1. The highest BCUT2D eigenvalue weighted by Gasteiger charge is 2.22. The second-order valence-electron chi connectivity index (χ2n) is 5.47. The van der Waals surface area contributed by atoms with Gasteiger partial charge in [-0.05, 0) is 37.7 Å². The number of fused-ring (bicyclic) bond motifs is 1. The van der Waals surface area contributed by atoms with Gasteiger partial charge in [-0.1, -0.05) is 18.7 Å². The molecule has 0 spiro atoms. The molecule has 22 heavy (non-hydrogen) atoms. The van der Waals surface area contributed by atoms with Crippen LogP contribution in [0, 0.1) is 0 Å². The minimum Gasteiger partial charge on any atom is -0.369 e. The Labute approximate surface area is 138 Å². The van der Waals surface area contributed by atoms with Crippen LogP contribution in [0.3, 0.4) is 0 Å². The molecule has 7 heteroatoms. The maximum atomic E-state index is 11.0. The molecular formula is C15H20N4OS2. The van der Waals surface area contributed by atoms with Crippen molar-refractivity contribution in [1.29, 1.82) is 0 Å². The molecule has 0 bridgehead atoms. The number of primary amides is 1. The van der Waals surface area contributed by atoms with E-state index in [0.29, 0.717) is 0 Å². The summed E-state index contributed by atoms with van der Waals surface area (Å²) in [6, 6.07) is 0. The Morgan fingerprint density at radius 3 is 3.00 bits per heavy atom. The van der Waals surface area contributed by atoms with Crippen LogP contribution in [0.25, 0.3) is 11.4 Å². The first-order valence-electron chi connectivity index (χ1n) is 7.64. The van der Waals surface area contributed by atoms with Gasteiger partial charge in [-0.3, -0.25) is 4.79 Å². The molecule has 0 saturated heterocycles. The summed E-state index contributed by atoms with van der Waals surface area (Å²) < 4.78 is 2.13. The zero-order chi connectivity index (χ0) is 15.5. The molecule has 0 saturated carbocycles. The van der Waals surface area contributed by atoms with Crippen molar-refractivity contribution in [3.8, 4) is 11.4 Å². The Hall–Kier alpha value is -1.34. The Morgan fingerprint density at radius 2 is 2.23 bits per heavy atom. The van der Waals surface area contributed by atoms with Crippen molar-refractivity contribution < 1.29 is 4.79 Å². The number of aryl methyl sites for hydroxylation is 1. The largest absolute Gasteiger partial charge is 0.369 e. The van der Waals surface area contributed by atoms with E-state index in [1.165, 1.54) is 47.0 Å². The van der Waals surface area contributed by atoms with E-state index in [1.807, 2.05) is 11.3 Å². The third-order valence-electron chi connectivity index (χ3n) is 3.81. The normalized spacial score (nSPS) is 14.0. The summed E-state index contributed by atoms with van der Waals surface area (Å²) in [5.41, 5.74) is 7.92. The monoisotopic (exact) mass is 336 g/mol. The van der Waals surface area contributed by atoms with Gasteiger partial charge in [0.2, 0.25) is 5.91 Å². The van der Waals surface area contributed by atoms with Gasteiger partial charge < -0.3 is 10.3 Å². The van der Waals surface area contributed by atoms with E-state index in [1.54, 1.807) is 0 Å². The molecule has 0 fully saturated rings. The highest BCUT2D eigenvalue weighted by atomic mass is 32.2. The molecule has 2 aromatic rings. The summed E-state index contributed by atoms with van der Waals surface area (Å²) in [6.07, 6.45) is 5.86. The van der Waals surface area contributed by atoms with E-state index in [0.717, 1.165) is 30.4 Å².